The van der Waals surface area contributed by atoms with E-state index in [1.54, 1.807) is 36.1 Å². The molecule has 0 aliphatic heterocycles. The largest absolute Gasteiger partial charge is 0.384 e. The first-order valence-corrected chi connectivity index (χ1v) is 5.56. The summed E-state index contributed by atoms with van der Waals surface area (Å²) in [4.78, 5) is 15.9. The number of aliphatic hydroxyl groups is 1. The predicted molar refractivity (Wildman–Crippen MR) is 69.4 cm³/mol. The maximum Gasteiger partial charge on any atom is 0.275 e. The summed E-state index contributed by atoms with van der Waals surface area (Å²) in [6, 6.07) is 4.94. The van der Waals surface area contributed by atoms with E-state index in [1.165, 1.54) is 6.20 Å². The Morgan fingerprint density at radius 1 is 1.47 bits per heavy atom. The highest BCUT2D eigenvalue weighted by molar-refractivity contribution is 6.02. The van der Waals surface area contributed by atoms with Gasteiger partial charge in [-0.05, 0) is 12.1 Å². The Kier molecular flexibility index (Phi) is 3.90. The van der Waals surface area contributed by atoms with E-state index >= 15 is 0 Å². The number of pyridine rings is 1. The van der Waals surface area contributed by atoms with Crippen molar-refractivity contribution < 1.29 is 9.90 Å². The van der Waals surface area contributed by atoms with Crippen LogP contribution in [0.3, 0.4) is 0 Å². The van der Waals surface area contributed by atoms with Crippen LogP contribution in [0.4, 0.5) is 5.82 Å². The normalized spacial score (nSPS) is 9.58. The van der Waals surface area contributed by atoms with Crippen molar-refractivity contribution in [3.63, 3.8) is 0 Å². The van der Waals surface area contributed by atoms with Crippen molar-refractivity contribution in [3.8, 4) is 11.8 Å². The minimum atomic E-state index is -0.315. The number of carbonyl (C=O) groups excluding carboxylic acids is 1. The molecule has 2 aromatic rings. The highest BCUT2D eigenvalue weighted by Gasteiger charge is 2.09. The summed E-state index contributed by atoms with van der Waals surface area (Å²) in [5.41, 5.74) is 0.932. The molecule has 0 radical (unpaired) electrons. The van der Waals surface area contributed by atoms with E-state index in [9.17, 15) is 4.79 Å². The molecule has 1 amide bonds. The lowest BCUT2D eigenvalue weighted by Crippen LogP contribution is -2.15. The number of aliphatic hydroxyl groups excluding tert-OH is 1. The zero-order chi connectivity index (χ0) is 13.7. The quantitative estimate of drug-likeness (QED) is 0.763. The van der Waals surface area contributed by atoms with Crippen LogP contribution in [-0.4, -0.2) is 32.4 Å². The first kappa shape index (κ1) is 12.8. The molecule has 2 N–H and O–H groups in total. The number of aryl methyl sites for hydroxylation is 1. The van der Waals surface area contributed by atoms with Crippen molar-refractivity contribution in [2.75, 3.05) is 11.9 Å². The standard InChI is InChI=1S/C13H12N4O2/c1-17-12(6-7-15-17)16-13(19)11-5-4-10(9-14-11)3-2-8-18/h4-7,9,18H,8H2,1H3,(H,16,19). The van der Waals surface area contributed by atoms with Gasteiger partial charge in [0.25, 0.3) is 5.91 Å². The summed E-state index contributed by atoms with van der Waals surface area (Å²) >= 11 is 0. The molecule has 0 aliphatic rings. The van der Waals surface area contributed by atoms with Crippen LogP contribution < -0.4 is 5.32 Å². The van der Waals surface area contributed by atoms with Crippen LogP contribution in [0.1, 0.15) is 16.1 Å². The van der Waals surface area contributed by atoms with Gasteiger partial charge in [-0.3, -0.25) is 9.48 Å². The van der Waals surface area contributed by atoms with Crippen LogP contribution in [0.5, 0.6) is 0 Å². The topological polar surface area (TPSA) is 80.0 Å². The molecule has 2 aromatic heterocycles. The molecule has 0 bridgehead atoms. The summed E-state index contributed by atoms with van der Waals surface area (Å²) in [7, 11) is 1.73. The summed E-state index contributed by atoms with van der Waals surface area (Å²) in [5.74, 6) is 5.50. The van der Waals surface area contributed by atoms with E-state index < -0.39 is 0 Å². The third-order valence-electron chi connectivity index (χ3n) is 2.37. The molecule has 6 heteroatoms. The van der Waals surface area contributed by atoms with Gasteiger partial charge in [-0.25, -0.2) is 4.98 Å². The number of nitrogens with one attached hydrogen (secondary N) is 1. The molecule has 19 heavy (non-hydrogen) atoms. The minimum Gasteiger partial charge on any atom is -0.384 e. The van der Waals surface area contributed by atoms with Crippen molar-refractivity contribution in [2.24, 2.45) is 7.05 Å². The SMILES string of the molecule is Cn1nccc1NC(=O)c1ccc(C#CCO)cn1. The maximum atomic E-state index is 11.9. The Hall–Kier alpha value is -2.65. The molecule has 0 aliphatic carbocycles. The maximum absolute atomic E-state index is 11.9. The van der Waals surface area contributed by atoms with Crippen molar-refractivity contribution in [1.82, 2.24) is 14.8 Å². The Labute approximate surface area is 110 Å². The van der Waals surface area contributed by atoms with Crippen LogP contribution in [-0.2, 0) is 7.05 Å². The monoisotopic (exact) mass is 256 g/mol. The third-order valence-corrected chi connectivity index (χ3v) is 2.37. The lowest BCUT2D eigenvalue weighted by molar-refractivity contribution is 0.102. The molecule has 0 fully saturated rings. The van der Waals surface area contributed by atoms with Gasteiger partial charge in [-0.15, -0.1) is 0 Å². The van der Waals surface area contributed by atoms with Crippen molar-refractivity contribution in [1.29, 1.82) is 0 Å². The Morgan fingerprint density at radius 2 is 2.32 bits per heavy atom. The second kappa shape index (κ2) is 5.80. The number of anilines is 1. The molecule has 0 aromatic carbocycles. The number of rotatable bonds is 2. The molecule has 2 heterocycles. The Bertz CT molecular complexity index is 635. The number of carbonyl (C=O) groups is 1. The Balaban J connectivity index is 2.10. The number of nitrogens with zero attached hydrogens (tertiary/aromatic N) is 3. The molecule has 0 unspecified atom stereocenters. The lowest BCUT2D eigenvalue weighted by atomic mass is 10.2. The molecule has 0 spiro atoms. The van der Waals surface area contributed by atoms with Gasteiger partial charge in [0.05, 0.1) is 6.20 Å². The first-order chi connectivity index (χ1) is 9.20. The van der Waals surface area contributed by atoms with Gasteiger partial charge in [0.15, 0.2) is 0 Å². The van der Waals surface area contributed by atoms with Crippen LogP contribution in [0.2, 0.25) is 0 Å². The van der Waals surface area contributed by atoms with Gasteiger partial charge in [0, 0.05) is 24.9 Å². The van der Waals surface area contributed by atoms with Gasteiger partial charge < -0.3 is 10.4 Å². The van der Waals surface area contributed by atoms with Crippen LogP contribution in [0.25, 0.3) is 0 Å². The van der Waals surface area contributed by atoms with Crippen LogP contribution >= 0.6 is 0 Å². The molecule has 0 saturated carbocycles. The average molecular weight is 256 g/mol. The van der Waals surface area contributed by atoms with Crippen molar-refractivity contribution >= 4 is 11.7 Å². The van der Waals surface area contributed by atoms with E-state index in [0.29, 0.717) is 11.4 Å². The van der Waals surface area contributed by atoms with Crippen LogP contribution in [0.15, 0.2) is 30.6 Å². The van der Waals surface area contributed by atoms with Crippen LogP contribution in [0, 0.1) is 11.8 Å². The summed E-state index contributed by atoms with van der Waals surface area (Å²) in [5, 5.41) is 15.2. The van der Waals surface area contributed by atoms with Gasteiger partial charge in [-0.1, -0.05) is 11.8 Å². The van der Waals surface area contributed by atoms with E-state index in [1.807, 2.05) is 0 Å². The minimum absolute atomic E-state index is 0.206. The van der Waals surface area contributed by atoms with Gasteiger partial charge in [0.1, 0.15) is 18.1 Å². The molecule has 6 nitrogen and oxygen atoms in total. The number of aromatic nitrogens is 3. The zero-order valence-corrected chi connectivity index (χ0v) is 10.3. The third kappa shape index (κ3) is 3.18. The van der Waals surface area contributed by atoms with E-state index in [0.717, 1.165) is 0 Å². The highest BCUT2D eigenvalue weighted by Crippen LogP contribution is 2.06. The van der Waals surface area contributed by atoms with Crippen molar-refractivity contribution in [3.05, 3.63) is 41.9 Å². The fraction of sp³-hybridized carbons (Fsp3) is 0.154. The first-order valence-electron chi connectivity index (χ1n) is 5.56. The lowest BCUT2D eigenvalue weighted by Gasteiger charge is -2.04. The average Bonchev–Trinajstić information content (AvgIpc) is 2.82. The summed E-state index contributed by atoms with van der Waals surface area (Å²) in [6.45, 7) is -0.206. The molecule has 0 saturated heterocycles. The molecule has 96 valence electrons. The Morgan fingerprint density at radius 3 is 2.89 bits per heavy atom. The number of hydrogen-bond donors (Lipinski definition) is 2. The second-order valence-electron chi connectivity index (χ2n) is 3.69. The smallest absolute Gasteiger partial charge is 0.275 e. The fourth-order valence-electron chi connectivity index (χ4n) is 1.42. The predicted octanol–water partition coefficient (Wildman–Crippen LogP) is 0.411. The molecular formula is C13H12N4O2. The van der Waals surface area contributed by atoms with E-state index in [2.05, 4.69) is 27.2 Å². The molecule has 0 atom stereocenters. The van der Waals surface area contributed by atoms with Gasteiger partial charge in [0.2, 0.25) is 0 Å². The summed E-state index contributed by atoms with van der Waals surface area (Å²) < 4.78 is 1.55. The van der Waals surface area contributed by atoms with Crippen molar-refractivity contribution in [2.45, 2.75) is 0 Å². The highest BCUT2D eigenvalue weighted by atomic mass is 16.2. The van der Waals surface area contributed by atoms with Gasteiger partial charge in [-0.2, -0.15) is 5.10 Å². The van der Waals surface area contributed by atoms with E-state index in [-0.39, 0.29) is 18.2 Å². The second-order valence-corrected chi connectivity index (χ2v) is 3.69. The van der Waals surface area contributed by atoms with E-state index in [4.69, 9.17) is 5.11 Å². The fourth-order valence-corrected chi connectivity index (χ4v) is 1.42. The molecular weight excluding hydrogens is 244 g/mol. The molecule has 2 rings (SSSR count). The summed E-state index contributed by atoms with van der Waals surface area (Å²) in [6.07, 6.45) is 3.08. The zero-order valence-electron chi connectivity index (χ0n) is 10.3. The number of hydrogen-bond acceptors (Lipinski definition) is 4. The van der Waals surface area contributed by atoms with Gasteiger partial charge >= 0.3 is 0 Å². The number of amides is 1.